The van der Waals surface area contributed by atoms with Gasteiger partial charge in [-0.25, -0.2) is 0 Å². The predicted octanol–water partition coefficient (Wildman–Crippen LogP) is 2.06. The molecule has 0 aliphatic carbocycles. The molecule has 0 saturated carbocycles. The summed E-state index contributed by atoms with van der Waals surface area (Å²) >= 11 is 0. The van der Waals surface area contributed by atoms with E-state index in [-0.39, 0.29) is 11.9 Å². The van der Waals surface area contributed by atoms with Crippen LogP contribution >= 0.6 is 0 Å². The van der Waals surface area contributed by atoms with E-state index in [1.807, 2.05) is 12.1 Å². The number of hydrogen-bond donors (Lipinski definition) is 2. The van der Waals surface area contributed by atoms with Crippen LogP contribution in [0, 0.1) is 5.92 Å². The van der Waals surface area contributed by atoms with Crippen molar-refractivity contribution >= 4 is 11.6 Å². The number of nitrogens with two attached hydrogens (primary N) is 1. The zero-order valence-electron chi connectivity index (χ0n) is 16.3. The maximum absolute atomic E-state index is 12.4. The number of hydrogen-bond acceptors (Lipinski definition) is 4. The Hall–Kier alpha value is -2.37. The number of carbonyl (C=O) groups excluding carboxylic acids is 1. The summed E-state index contributed by atoms with van der Waals surface area (Å²) in [5.41, 5.74) is 8.88. The molecule has 2 aliphatic rings. The molecule has 2 heterocycles. The summed E-state index contributed by atoms with van der Waals surface area (Å²) in [5.74, 6) is 0.935. The average Bonchev–Trinajstić information content (AvgIpc) is 3.34. The molecule has 3 atom stereocenters. The molecule has 2 aromatic rings. The zero-order chi connectivity index (χ0) is 19.3. The highest BCUT2D eigenvalue weighted by molar-refractivity contribution is 5.78. The molecule has 0 spiro atoms. The van der Waals surface area contributed by atoms with Crippen molar-refractivity contribution < 1.29 is 4.79 Å². The van der Waals surface area contributed by atoms with E-state index in [9.17, 15) is 4.79 Å². The lowest BCUT2D eigenvalue weighted by atomic mass is 9.95. The van der Waals surface area contributed by atoms with Crippen LogP contribution in [-0.4, -0.2) is 56.1 Å². The summed E-state index contributed by atoms with van der Waals surface area (Å²) in [6.45, 7) is 4.89. The van der Waals surface area contributed by atoms with Crippen LogP contribution in [0.25, 0.3) is 0 Å². The number of nitrogens with zero attached hydrogens (tertiary/aromatic N) is 2. The smallest absolute Gasteiger partial charge is 0.234 e. The van der Waals surface area contributed by atoms with Crippen LogP contribution in [0.2, 0.25) is 0 Å². The maximum atomic E-state index is 12.4. The van der Waals surface area contributed by atoms with Gasteiger partial charge in [0.25, 0.3) is 0 Å². The number of para-hydroxylation sites is 1. The molecule has 1 amide bonds. The van der Waals surface area contributed by atoms with Gasteiger partial charge >= 0.3 is 0 Å². The third kappa shape index (κ3) is 4.54. The molecule has 0 radical (unpaired) electrons. The van der Waals surface area contributed by atoms with Gasteiger partial charge in [0.15, 0.2) is 0 Å². The Morgan fingerprint density at radius 1 is 1.00 bits per heavy atom. The molecule has 0 aromatic heterocycles. The van der Waals surface area contributed by atoms with Crippen molar-refractivity contribution in [2.24, 2.45) is 11.7 Å². The van der Waals surface area contributed by atoms with Gasteiger partial charge in [0.05, 0.1) is 6.54 Å². The first-order valence-electron chi connectivity index (χ1n) is 10.3. The van der Waals surface area contributed by atoms with Crippen molar-refractivity contribution in [3.05, 3.63) is 66.2 Å². The number of likely N-dealkylation sites (tertiary alicyclic amines) is 1. The lowest BCUT2D eigenvalue weighted by Gasteiger charge is -2.19. The number of carbonyl (C=O) groups is 1. The van der Waals surface area contributed by atoms with Gasteiger partial charge in [-0.15, -0.1) is 0 Å². The molecule has 2 fully saturated rings. The minimum absolute atomic E-state index is 0.0875. The van der Waals surface area contributed by atoms with Gasteiger partial charge in [-0.2, -0.15) is 0 Å². The summed E-state index contributed by atoms with van der Waals surface area (Å²) in [4.78, 5) is 17.0. The minimum atomic E-state index is 0.0875. The summed E-state index contributed by atoms with van der Waals surface area (Å²) in [6, 6.07) is 21.0. The number of nitrogens with one attached hydrogen (secondary N) is 1. The normalized spacial score (nSPS) is 25.2. The van der Waals surface area contributed by atoms with E-state index >= 15 is 0 Å². The molecule has 2 aliphatic heterocycles. The van der Waals surface area contributed by atoms with Crippen molar-refractivity contribution in [1.29, 1.82) is 0 Å². The van der Waals surface area contributed by atoms with Crippen LogP contribution < -0.4 is 16.0 Å². The van der Waals surface area contributed by atoms with E-state index in [1.165, 1.54) is 11.3 Å². The van der Waals surface area contributed by atoms with Crippen LogP contribution in [0.15, 0.2) is 60.7 Å². The van der Waals surface area contributed by atoms with Crippen LogP contribution in [0.1, 0.15) is 17.9 Å². The topological polar surface area (TPSA) is 61.6 Å². The Bertz CT molecular complexity index is 767. The molecule has 3 N–H and O–H groups in total. The highest BCUT2D eigenvalue weighted by Gasteiger charge is 2.32. The Morgan fingerprint density at radius 2 is 1.71 bits per heavy atom. The van der Waals surface area contributed by atoms with E-state index in [1.54, 1.807) is 0 Å². The molecule has 1 unspecified atom stereocenters. The van der Waals surface area contributed by atoms with Gasteiger partial charge in [-0.3, -0.25) is 9.69 Å². The summed E-state index contributed by atoms with van der Waals surface area (Å²) < 4.78 is 0. The second-order valence-electron chi connectivity index (χ2n) is 8.12. The maximum Gasteiger partial charge on any atom is 0.234 e. The Morgan fingerprint density at radius 3 is 2.46 bits per heavy atom. The van der Waals surface area contributed by atoms with Gasteiger partial charge in [0, 0.05) is 50.4 Å². The summed E-state index contributed by atoms with van der Waals surface area (Å²) in [5, 5.41) is 3.14. The molecule has 2 aromatic carbocycles. The molecule has 5 nitrogen and oxygen atoms in total. The molecule has 148 valence electrons. The first kappa shape index (κ1) is 19.0. The summed E-state index contributed by atoms with van der Waals surface area (Å²) in [6.07, 6.45) is 1.12. The SMILES string of the molecule is N[C@@H]1CN(CC(=O)NCC2CCN(c3ccccc3)C2)C[C@H]1c1ccccc1. The Balaban J connectivity index is 1.21. The monoisotopic (exact) mass is 378 g/mol. The molecular formula is C23H30N4O. The largest absolute Gasteiger partial charge is 0.371 e. The molecule has 28 heavy (non-hydrogen) atoms. The molecule has 5 heteroatoms. The number of benzene rings is 2. The van der Waals surface area contributed by atoms with E-state index in [0.717, 1.165) is 39.1 Å². The van der Waals surface area contributed by atoms with E-state index in [0.29, 0.717) is 18.4 Å². The quantitative estimate of drug-likeness (QED) is 0.808. The second kappa shape index (κ2) is 8.76. The van der Waals surface area contributed by atoms with Crippen LogP contribution in [0.4, 0.5) is 5.69 Å². The third-order valence-electron chi connectivity index (χ3n) is 6.03. The van der Waals surface area contributed by atoms with Gasteiger partial charge in [-0.1, -0.05) is 48.5 Å². The highest BCUT2D eigenvalue weighted by Crippen LogP contribution is 2.26. The van der Waals surface area contributed by atoms with Gasteiger partial charge in [-0.05, 0) is 30.0 Å². The Kier molecular flexibility index (Phi) is 5.93. The number of amides is 1. The van der Waals surface area contributed by atoms with Crippen LogP contribution in [-0.2, 0) is 4.79 Å². The molecule has 4 rings (SSSR count). The predicted molar refractivity (Wildman–Crippen MR) is 113 cm³/mol. The molecule has 0 bridgehead atoms. The first-order chi connectivity index (χ1) is 13.7. The van der Waals surface area contributed by atoms with Crippen molar-refractivity contribution in [3.63, 3.8) is 0 Å². The highest BCUT2D eigenvalue weighted by atomic mass is 16.2. The van der Waals surface area contributed by atoms with Gasteiger partial charge in [0.1, 0.15) is 0 Å². The second-order valence-corrected chi connectivity index (χ2v) is 8.12. The van der Waals surface area contributed by atoms with Gasteiger partial charge in [0.2, 0.25) is 5.91 Å². The lowest BCUT2D eigenvalue weighted by molar-refractivity contribution is -0.122. The van der Waals surface area contributed by atoms with Crippen molar-refractivity contribution in [2.45, 2.75) is 18.4 Å². The standard InChI is InChI=1S/C23H30N4O/c24-22-16-26(15-21(22)19-7-3-1-4-8-19)17-23(28)25-13-18-11-12-27(14-18)20-9-5-2-6-10-20/h1-10,18,21-22H,11-17,24H2,(H,25,28)/t18?,21-,22+/m0/s1. The summed E-state index contributed by atoms with van der Waals surface area (Å²) in [7, 11) is 0. The lowest BCUT2D eigenvalue weighted by Crippen LogP contribution is -2.39. The van der Waals surface area contributed by atoms with Crippen LogP contribution in [0.5, 0.6) is 0 Å². The fourth-order valence-corrected chi connectivity index (χ4v) is 4.49. The van der Waals surface area contributed by atoms with E-state index < -0.39 is 0 Å². The van der Waals surface area contributed by atoms with Crippen molar-refractivity contribution in [2.75, 3.05) is 44.2 Å². The minimum Gasteiger partial charge on any atom is -0.371 e. The van der Waals surface area contributed by atoms with Crippen molar-refractivity contribution in [1.82, 2.24) is 10.2 Å². The molecule has 2 saturated heterocycles. The number of rotatable bonds is 6. The Labute approximate surface area is 167 Å². The fraction of sp³-hybridized carbons (Fsp3) is 0.435. The van der Waals surface area contributed by atoms with E-state index in [2.05, 4.69) is 63.6 Å². The van der Waals surface area contributed by atoms with E-state index in [4.69, 9.17) is 5.73 Å². The van der Waals surface area contributed by atoms with Crippen LogP contribution in [0.3, 0.4) is 0 Å². The molecular weight excluding hydrogens is 348 g/mol. The third-order valence-corrected chi connectivity index (χ3v) is 6.03. The first-order valence-corrected chi connectivity index (χ1v) is 10.3. The fourth-order valence-electron chi connectivity index (χ4n) is 4.49. The van der Waals surface area contributed by atoms with Gasteiger partial charge < -0.3 is 16.0 Å². The zero-order valence-corrected chi connectivity index (χ0v) is 16.3. The van der Waals surface area contributed by atoms with Crippen molar-refractivity contribution in [3.8, 4) is 0 Å². The average molecular weight is 379 g/mol. The number of anilines is 1.